The number of carbonyl (C=O) groups excluding carboxylic acids is 1. The van der Waals surface area contributed by atoms with E-state index < -0.39 is 4.92 Å². The lowest BCUT2D eigenvalue weighted by atomic mass is 10.2. The van der Waals surface area contributed by atoms with Gasteiger partial charge in [0.1, 0.15) is 6.61 Å². The van der Waals surface area contributed by atoms with Gasteiger partial charge in [0.05, 0.1) is 15.0 Å². The van der Waals surface area contributed by atoms with Gasteiger partial charge >= 0.3 is 5.69 Å². The number of nitro benzene ring substituents is 1. The van der Waals surface area contributed by atoms with Crippen LogP contribution in [0.25, 0.3) is 0 Å². The van der Waals surface area contributed by atoms with Gasteiger partial charge in [-0.2, -0.15) is 0 Å². The van der Waals surface area contributed by atoms with Crippen LogP contribution in [0, 0.1) is 16.0 Å². The molecule has 7 heteroatoms. The average Bonchev–Trinajstić information content (AvgIpc) is 3.13. The summed E-state index contributed by atoms with van der Waals surface area (Å²) in [5.41, 5.74) is -0.298. The molecule has 0 heterocycles. The first kappa shape index (κ1) is 13.1. The van der Waals surface area contributed by atoms with Crippen LogP contribution in [0.15, 0.2) is 12.1 Å². The zero-order valence-electron chi connectivity index (χ0n) is 9.19. The van der Waals surface area contributed by atoms with E-state index in [0.29, 0.717) is 0 Å². The number of nitro groups is 1. The van der Waals surface area contributed by atoms with Crippen molar-refractivity contribution < 1.29 is 14.5 Å². The fourth-order valence-corrected chi connectivity index (χ4v) is 1.76. The number of ketones is 1. The molecule has 0 amide bonds. The summed E-state index contributed by atoms with van der Waals surface area (Å²) < 4.78 is 5.16. The van der Waals surface area contributed by atoms with Crippen LogP contribution in [0.2, 0.25) is 10.0 Å². The van der Waals surface area contributed by atoms with E-state index in [0.717, 1.165) is 18.9 Å². The highest BCUT2D eigenvalue weighted by Gasteiger charge is 2.30. The second kappa shape index (κ2) is 5.12. The molecule has 0 N–H and O–H groups in total. The Labute approximate surface area is 113 Å². The van der Waals surface area contributed by atoms with Gasteiger partial charge in [0.2, 0.25) is 0 Å². The fraction of sp³-hybridized carbons (Fsp3) is 0.364. The minimum atomic E-state index is -0.626. The quantitative estimate of drug-likeness (QED) is 0.616. The summed E-state index contributed by atoms with van der Waals surface area (Å²) in [5.74, 6) is -0.0365. The Hall–Kier alpha value is -1.33. The van der Waals surface area contributed by atoms with Crippen molar-refractivity contribution in [3.8, 4) is 5.75 Å². The van der Waals surface area contributed by atoms with Gasteiger partial charge in [-0.05, 0) is 12.8 Å². The van der Waals surface area contributed by atoms with Crippen LogP contribution in [-0.2, 0) is 4.79 Å². The maximum absolute atomic E-state index is 11.5. The molecule has 0 spiro atoms. The highest BCUT2D eigenvalue weighted by Crippen LogP contribution is 2.36. The Morgan fingerprint density at radius 1 is 1.39 bits per heavy atom. The Bertz CT molecular complexity index is 514. The third-order valence-corrected chi connectivity index (χ3v) is 3.32. The minimum absolute atomic E-state index is 0.0385. The first-order chi connectivity index (χ1) is 8.49. The van der Waals surface area contributed by atoms with Crippen LogP contribution in [0.5, 0.6) is 5.75 Å². The molecule has 0 aromatic heterocycles. The summed E-state index contributed by atoms with van der Waals surface area (Å²) in [6.45, 7) is -0.177. The monoisotopic (exact) mass is 289 g/mol. The van der Waals surface area contributed by atoms with Crippen LogP contribution >= 0.6 is 23.2 Å². The zero-order valence-corrected chi connectivity index (χ0v) is 10.7. The molecule has 1 aromatic rings. The van der Waals surface area contributed by atoms with Crippen molar-refractivity contribution in [1.82, 2.24) is 0 Å². The first-order valence-corrected chi connectivity index (χ1v) is 6.03. The lowest BCUT2D eigenvalue weighted by Crippen LogP contribution is -2.13. The van der Waals surface area contributed by atoms with E-state index in [4.69, 9.17) is 27.9 Å². The smallest absolute Gasteiger partial charge is 0.312 e. The maximum Gasteiger partial charge on any atom is 0.312 e. The van der Waals surface area contributed by atoms with E-state index in [1.807, 2.05) is 0 Å². The molecule has 1 aromatic carbocycles. The number of rotatable bonds is 5. The van der Waals surface area contributed by atoms with E-state index in [-0.39, 0.29) is 39.8 Å². The zero-order chi connectivity index (χ0) is 13.3. The molecule has 1 aliphatic carbocycles. The predicted molar refractivity (Wildman–Crippen MR) is 66.3 cm³/mol. The molecule has 1 saturated carbocycles. The van der Waals surface area contributed by atoms with Crippen LogP contribution in [-0.4, -0.2) is 17.3 Å². The number of carbonyl (C=O) groups is 1. The summed E-state index contributed by atoms with van der Waals surface area (Å²) in [5, 5.41) is 11.0. The fourth-order valence-electron chi connectivity index (χ4n) is 1.45. The molecule has 0 bridgehead atoms. The molecule has 18 heavy (non-hydrogen) atoms. The molecular weight excluding hydrogens is 281 g/mol. The van der Waals surface area contributed by atoms with Crippen LogP contribution < -0.4 is 4.74 Å². The van der Waals surface area contributed by atoms with Gasteiger partial charge in [-0.15, -0.1) is 0 Å². The first-order valence-electron chi connectivity index (χ1n) is 5.28. The second-order valence-corrected chi connectivity index (χ2v) is 4.83. The minimum Gasteiger partial charge on any atom is -0.479 e. The number of benzene rings is 1. The van der Waals surface area contributed by atoms with Crippen molar-refractivity contribution in [1.29, 1.82) is 0 Å². The average molecular weight is 290 g/mol. The van der Waals surface area contributed by atoms with Crippen molar-refractivity contribution >= 4 is 34.7 Å². The number of halogens is 2. The molecule has 0 saturated heterocycles. The molecule has 1 fully saturated rings. The van der Waals surface area contributed by atoms with Crippen molar-refractivity contribution in [2.24, 2.45) is 5.92 Å². The van der Waals surface area contributed by atoms with E-state index in [1.165, 1.54) is 6.07 Å². The highest BCUT2D eigenvalue weighted by atomic mass is 35.5. The predicted octanol–water partition coefficient (Wildman–Crippen LogP) is 3.26. The summed E-state index contributed by atoms with van der Waals surface area (Å²) in [7, 11) is 0. The van der Waals surface area contributed by atoms with E-state index in [9.17, 15) is 14.9 Å². The number of Topliss-reactive ketones (excluding diaryl/α,β-unsaturated/α-hetero) is 1. The molecule has 2 rings (SSSR count). The van der Waals surface area contributed by atoms with E-state index in [2.05, 4.69) is 0 Å². The molecule has 0 aliphatic heterocycles. The Kier molecular flexibility index (Phi) is 3.73. The van der Waals surface area contributed by atoms with Gasteiger partial charge in [-0.1, -0.05) is 23.2 Å². The van der Waals surface area contributed by atoms with Crippen LogP contribution in [0.1, 0.15) is 12.8 Å². The number of hydrogen-bond donors (Lipinski definition) is 0. The summed E-state index contributed by atoms with van der Waals surface area (Å²) in [6.07, 6.45) is 1.73. The second-order valence-electron chi connectivity index (χ2n) is 4.02. The van der Waals surface area contributed by atoms with Gasteiger partial charge in [0, 0.05) is 18.1 Å². The molecule has 1 aliphatic rings. The van der Waals surface area contributed by atoms with Gasteiger partial charge in [0.15, 0.2) is 11.5 Å². The summed E-state index contributed by atoms with van der Waals surface area (Å²) in [4.78, 5) is 21.6. The maximum atomic E-state index is 11.5. The van der Waals surface area contributed by atoms with Gasteiger partial charge in [-0.25, -0.2) is 0 Å². The summed E-state index contributed by atoms with van der Waals surface area (Å²) >= 11 is 11.5. The number of nitrogens with zero attached hydrogens (tertiary/aromatic N) is 1. The van der Waals surface area contributed by atoms with Crippen molar-refractivity contribution in [2.45, 2.75) is 12.8 Å². The Morgan fingerprint density at radius 3 is 2.56 bits per heavy atom. The standard InChI is InChI=1S/C11H9Cl2NO4/c12-7-3-9(14(16)17)11(4-8(7)13)18-5-10(15)6-1-2-6/h3-4,6H,1-2,5H2. The topological polar surface area (TPSA) is 69.4 Å². The normalized spacial score (nSPS) is 14.3. The third kappa shape index (κ3) is 2.91. The summed E-state index contributed by atoms with van der Waals surface area (Å²) in [6, 6.07) is 2.36. The van der Waals surface area contributed by atoms with Crippen molar-refractivity contribution in [3.05, 3.63) is 32.3 Å². The van der Waals surface area contributed by atoms with E-state index >= 15 is 0 Å². The largest absolute Gasteiger partial charge is 0.479 e. The lowest BCUT2D eigenvalue weighted by Gasteiger charge is -2.07. The van der Waals surface area contributed by atoms with Crippen molar-refractivity contribution in [2.75, 3.05) is 6.61 Å². The lowest BCUT2D eigenvalue weighted by molar-refractivity contribution is -0.385. The van der Waals surface area contributed by atoms with E-state index in [1.54, 1.807) is 0 Å². The molecular formula is C11H9Cl2NO4. The number of hydrogen-bond acceptors (Lipinski definition) is 4. The molecule has 0 atom stereocenters. The Morgan fingerprint density at radius 2 is 2.00 bits per heavy atom. The molecule has 0 unspecified atom stereocenters. The van der Waals surface area contributed by atoms with Gasteiger partial charge in [0.25, 0.3) is 0 Å². The van der Waals surface area contributed by atoms with Crippen LogP contribution in [0.4, 0.5) is 5.69 Å². The van der Waals surface area contributed by atoms with Crippen molar-refractivity contribution in [3.63, 3.8) is 0 Å². The molecule has 96 valence electrons. The van der Waals surface area contributed by atoms with Crippen LogP contribution in [0.3, 0.4) is 0 Å². The highest BCUT2D eigenvalue weighted by molar-refractivity contribution is 6.42. The SMILES string of the molecule is O=C(COc1cc(Cl)c(Cl)cc1[N+](=O)[O-])C1CC1. The van der Waals surface area contributed by atoms with Gasteiger partial charge < -0.3 is 4.74 Å². The number of ether oxygens (including phenoxy) is 1. The third-order valence-electron chi connectivity index (χ3n) is 2.60. The molecule has 0 radical (unpaired) electrons. The Balaban J connectivity index is 2.16. The van der Waals surface area contributed by atoms with Gasteiger partial charge in [-0.3, -0.25) is 14.9 Å². The molecule has 5 nitrogen and oxygen atoms in total.